The van der Waals surface area contributed by atoms with Crippen LogP contribution in [0.3, 0.4) is 0 Å². The van der Waals surface area contributed by atoms with Gasteiger partial charge in [-0.25, -0.2) is 0 Å². The molecular formula is C12H8N3OS-. The molecule has 5 heteroatoms. The van der Waals surface area contributed by atoms with Gasteiger partial charge in [-0.1, -0.05) is 0 Å². The van der Waals surface area contributed by atoms with Crippen LogP contribution < -0.4 is 5.06 Å². The average Bonchev–Trinajstić information content (AvgIpc) is 2.86. The molecule has 0 aliphatic carbocycles. The van der Waals surface area contributed by atoms with Crippen molar-refractivity contribution < 1.29 is 0 Å². The minimum atomic E-state index is 0.572. The summed E-state index contributed by atoms with van der Waals surface area (Å²) in [6.45, 7) is 0. The molecule has 2 heterocycles. The Morgan fingerprint density at radius 1 is 1.06 bits per heavy atom. The number of anilines is 2. The van der Waals surface area contributed by atoms with Gasteiger partial charge in [0.1, 0.15) is 0 Å². The van der Waals surface area contributed by atoms with Crippen LogP contribution in [0, 0.1) is 5.21 Å². The predicted octanol–water partition coefficient (Wildman–Crippen LogP) is 3.33. The summed E-state index contributed by atoms with van der Waals surface area (Å²) < 4.78 is 5.17. The van der Waals surface area contributed by atoms with E-state index in [4.69, 9.17) is 0 Å². The van der Waals surface area contributed by atoms with E-state index in [1.165, 1.54) is 11.5 Å². The van der Waals surface area contributed by atoms with Gasteiger partial charge in [0.05, 0.1) is 4.70 Å². The lowest BCUT2D eigenvalue weighted by atomic mass is 10.2. The van der Waals surface area contributed by atoms with Crippen LogP contribution >= 0.6 is 11.5 Å². The van der Waals surface area contributed by atoms with Gasteiger partial charge >= 0.3 is 0 Å². The van der Waals surface area contributed by atoms with Crippen molar-refractivity contribution in [3.8, 4) is 0 Å². The molecular weight excluding hydrogens is 234 g/mol. The molecule has 0 fully saturated rings. The van der Waals surface area contributed by atoms with E-state index in [0.29, 0.717) is 11.4 Å². The molecule has 17 heavy (non-hydrogen) atoms. The Morgan fingerprint density at radius 3 is 2.71 bits per heavy atom. The number of benzene rings is 1. The molecule has 0 aliphatic rings. The van der Waals surface area contributed by atoms with E-state index in [1.54, 1.807) is 36.8 Å². The zero-order valence-corrected chi connectivity index (χ0v) is 9.59. The molecule has 0 radical (unpaired) electrons. The van der Waals surface area contributed by atoms with Crippen molar-refractivity contribution in [2.45, 2.75) is 0 Å². The Labute approximate surface area is 102 Å². The van der Waals surface area contributed by atoms with Crippen LogP contribution in [-0.4, -0.2) is 9.36 Å². The Kier molecular flexibility index (Phi) is 2.47. The van der Waals surface area contributed by atoms with Crippen molar-refractivity contribution >= 4 is 33.0 Å². The lowest BCUT2D eigenvalue weighted by Gasteiger charge is -2.30. The smallest absolute Gasteiger partial charge is 0.0551 e. The molecule has 3 aromatic rings. The third-order valence-electron chi connectivity index (χ3n) is 2.47. The van der Waals surface area contributed by atoms with E-state index in [9.17, 15) is 5.21 Å². The number of fused-ring (bicyclic) bond motifs is 1. The molecule has 0 saturated heterocycles. The predicted molar refractivity (Wildman–Crippen MR) is 69.4 cm³/mol. The monoisotopic (exact) mass is 242 g/mol. The number of hydrogen-bond donors (Lipinski definition) is 0. The van der Waals surface area contributed by atoms with E-state index in [0.717, 1.165) is 15.1 Å². The zero-order chi connectivity index (χ0) is 11.7. The first-order valence-corrected chi connectivity index (χ1v) is 5.84. The Hall–Kier alpha value is -1.98. The molecule has 2 aromatic heterocycles. The van der Waals surface area contributed by atoms with Crippen molar-refractivity contribution in [1.82, 2.24) is 9.36 Å². The SMILES string of the molecule is [O-]N(c1ccncc1)c1ccc2sncc2c1. The summed E-state index contributed by atoms with van der Waals surface area (Å²) in [5.74, 6) is 0. The fourth-order valence-electron chi connectivity index (χ4n) is 1.61. The van der Waals surface area contributed by atoms with Crippen LogP contribution in [-0.2, 0) is 0 Å². The van der Waals surface area contributed by atoms with E-state index >= 15 is 0 Å². The van der Waals surface area contributed by atoms with Gasteiger partial charge in [0.25, 0.3) is 0 Å². The van der Waals surface area contributed by atoms with Crippen LogP contribution in [0.1, 0.15) is 0 Å². The van der Waals surface area contributed by atoms with Gasteiger partial charge in [-0.3, -0.25) is 4.98 Å². The Balaban J connectivity index is 2.03. The van der Waals surface area contributed by atoms with Crippen LogP contribution in [0.2, 0.25) is 0 Å². The highest BCUT2D eigenvalue weighted by atomic mass is 32.1. The molecule has 0 aliphatic heterocycles. The average molecular weight is 242 g/mol. The number of aromatic nitrogens is 2. The fourth-order valence-corrected chi connectivity index (χ4v) is 2.24. The summed E-state index contributed by atoms with van der Waals surface area (Å²) >= 11 is 1.42. The second kappa shape index (κ2) is 4.12. The quantitative estimate of drug-likeness (QED) is 0.647. The van der Waals surface area contributed by atoms with Gasteiger partial charge in [0.2, 0.25) is 0 Å². The van der Waals surface area contributed by atoms with Crippen LogP contribution in [0.25, 0.3) is 10.1 Å². The minimum absolute atomic E-state index is 0.572. The molecule has 84 valence electrons. The number of hydrogen-bond acceptors (Lipinski definition) is 5. The van der Waals surface area contributed by atoms with Gasteiger partial charge in [0.15, 0.2) is 0 Å². The van der Waals surface area contributed by atoms with E-state index in [2.05, 4.69) is 9.36 Å². The highest BCUT2D eigenvalue weighted by Crippen LogP contribution is 2.28. The summed E-state index contributed by atoms with van der Waals surface area (Å²) in [7, 11) is 0. The first-order valence-electron chi connectivity index (χ1n) is 5.06. The van der Waals surface area contributed by atoms with Gasteiger partial charge in [0, 0.05) is 35.4 Å². The minimum Gasteiger partial charge on any atom is -0.754 e. The summed E-state index contributed by atoms with van der Waals surface area (Å²) in [5.41, 5.74) is 1.17. The second-order valence-electron chi connectivity index (χ2n) is 3.55. The van der Waals surface area contributed by atoms with E-state index < -0.39 is 0 Å². The maximum absolute atomic E-state index is 12.1. The molecule has 0 atom stereocenters. The zero-order valence-electron chi connectivity index (χ0n) is 8.78. The van der Waals surface area contributed by atoms with E-state index in [-0.39, 0.29) is 0 Å². The third kappa shape index (κ3) is 1.86. The maximum Gasteiger partial charge on any atom is 0.0551 e. The molecule has 0 unspecified atom stereocenters. The van der Waals surface area contributed by atoms with Gasteiger partial charge in [-0.15, -0.1) is 0 Å². The number of rotatable bonds is 2. The molecule has 4 nitrogen and oxygen atoms in total. The standard InChI is InChI=1S/C12H8N3OS/c16-15(10-3-5-13-6-4-10)11-1-2-12-9(7-11)8-14-17-12/h1-8H/q-1. The van der Waals surface area contributed by atoms with Crippen molar-refractivity contribution in [1.29, 1.82) is 0 Å². The van der Waals surface area contributed by atoms with Gasteiger partial charge < -0.3 is 10.3 Å². The normalized spacial score (nSPS) is 10.6. The van der Waals surface area contributed by atoms with Crippen LogP contribution in [0.15, 0.2) is 48.9 Å². The Morgan fingerprint density at radius 2 is 1.88 bits per heavy atom. The Bertz CT molecular complexity index is 638. The molecule has 0 spiro atoms. The first-order chi connectivity index (χ1) is 8.34. The maximum atomic E-state index is 12.1. The van der Waals surface area contributed by atoms with Gasteiger partial charge in [-0.05, 0) is 41.9 Å². The van der Waals surface area contributed by atoms with Crippen molar-refractivity contribution in [3.63, 3.8) is 0 Å². The number of nitrogens with zero attached hydrogens (tertiary/aromatic N) is 3. The fraction of sp³-hybridized carbons (Fsp3) is 0. The summed E-state index contributed by atoms with van der Waals surface area (Å²) in [6.07, 6.45) is 4.97. The highest BCUT2D eigenvalue weighted by molar-refractivity contribution is 7.13. The van der Waals surface area contributed by atoms with Crippen LogP contribution in [0.4, 0.5) is 11.4 Å². The highest BCUT2D eigenvalue weighted by Gasteiger charge is 2.01. The largest absolute Gasteiger partial charge is 0.754 e. The van der Waals surface area contributed by atoms with E-state index in [1.807, 2.05) is 12.1 Å². The summed E-state index contributed by atoms with van der Waals surface area (Å²) in [6, 6.07) is 8.92. The summed E-state index contributed by atoms with van der Waals surface area (Å²) in [4.78, 5) is 3.89. The second-order valence-corrected chi connectivity index (χ2v) is 4.38. The molecule has 0 amide bonds. The topological polar surface area (TPSA) is 52.1 Å². The molecule has 0 N–H and O–H groups in total. The van der Waals surface area contributed by atoms with Crippen LogP contribution in [0.5, 0.6) is 0 Å². The first kappa shape index (κ1) is 10.2. The molecule has 0 saturated carbocycles. The molecule has 3 rings (SSSR count). The lowest BCUT2D eigenvalue weighted by molar-refractivity contribution is 1.25. The third-order valence-corrected chi connectivity index (χ3v) is 3.25. The number of pyridine rings is 1. The van der Waals surface area contributed by atoms with Gasteiger partial charge in [-0.2, -0.15) is 4.37 Å². The van der Waals surface area contributed by atoms with Crippen molar-refractivity contribution in [3.05, 3.63) is 54.1 Å². The summed E-state index contributed by atoms with van der Waals surface area (Å²) in [5, 5.41) is 14.0. The lowest BCUT2D eigenvalue weighted by Crippen LogP contribution is -2.06. The molecule has 0 bridgehead atoms. The van der Waals surface area contributed by atoms with Crippen molar-refractivity contribution in [2.24, 2.45) is 0 Å². The molecule has 1 aromatic carbocycles. The van der Waals surface area contributed by atoms with Crippen molar-refractivity contribution in [2.75, 3.05) is 5.06 Å².